The van der Waals surface area contributed by atoms with Gasteiger partial charge in [0, 0.05) is 6.42 Å². The Morgan fingerprint density at radius 3 is 1.71 bits per heavy atom. The normalized spacial score (nSPS) is 24.2. The fourth-order valence-electron chi connectivity index (χ4n) is 1.71. The van der Waals surface area contributed by atoms with Crippen LogP contribution in [0.3, 0.4) is 0 Å². The molecule has 0 spiro atoms. The summed E-state index contributed by atoms with van der Waals surface area (Å²) in [6.45, 7) is 0. The maximum Gasteiger partial charge on any atom is 0.457 e. The minimum Gasteiger partial charge on any atom is -0.222 e. The van der Waals surface area contributed by atoms with E-state index in [1.54, 1.807) is 0 Å². The van der Waals surface area contributed by atoms with E-state index in [-0.39, 0.29) is 10.6 Å². The molecule has 0 aromatic rings. The predicted molar refractivity (Wildman–Crippen MR) is 60.2 cm³/mol. The first-order chi connectivity index (χ1) is 9.14. The van der Waals surface area contributed by atoms with Gasteiger partial charge in [0.05, 0.1) is 5.38 Å². The molecule has 1 rings (SSSR count). The lowest BCUT2D eigenvalue weighted by molar-refractivity contribution is -0.372. The zero-order valence-electron chi connectivity index (χ0n) is 9.60. The second-order valence-corrected chi connectivity index (χ2v) is 5.68. The highest BCUT2D eigenvalue weighted by Gasteiger charge is 2.82. The molecule has 0 saturated carbocycles. The lowest BCUT2D eigenvalue weighted by atomic mass is 9.83. The van der Waals surface area contributed by atoms with Crippen LogP contribution in [0.25, 0.3) is 0 Å². The van der Waals surface area contributed by atoms with Crippen LogP contribution in [-0.2, 0) is 0 Å². The minimum atomic E-state index is -6.73. The van der Waals surface area contributed by atoms with E-state index in [4.69, 9.17) is 11.6 Å². The summed E-state index contributed by atoms with van der Waals surface area (Å²) in [6, 6.07) is 0. The molecule has 1 aliphatic rings. The van der Waals surface area contributed by atoms with Gasteiger partial charge in [0.25, 0.3) is 5.67 Å². The molecule has 0 aromatic heterocycles. The summed E-state index contributed by atoms with van der Waals surface area (Å²) < 4.78 is 115. The molecule has 11 heteroatoms. The Morgan fingerprint density at radius 2 is 1.38 bits per heavy atom. The van der Waals surface area contributed by atoms with Crippen molar-refractivity contribution in [2.75, 3.05) is 0 Å². The van der Waals surface area contributed by atoms with Crippen LogP contribution in [-0.4, -0.2) is 29.3 Å². The summed E-state index contributed by atoms with van der Waals surface area (Å²) in [6.07, 6.45) is -13.1. The van der Waals surface area contributed by atoms with Crippen LogP contribution in [0.15, 0.2) is 22.2 Å². The Morgan fingerprint density at radius 1 is 0.905 bits per heavy atom. The molecule has 0 saturated heterocycles. The molecule has 0 heterocycles. The van der Waals surface area contributed by atoms with Gasteiger partial charge in [-0.3, -0.25) is 0 Å². The third kappa shape index (κ3) is 3.06. The van der Waals surface area contributed by atoms with E-state index in [2.05, 4.69) is 15.9 Å². The molecule has 0 aromatic carbocycles. The van der Waals surface area contributed by atoms with Crippen molar-refractivity contribution >= 4 is 27.5 Å². The Kier molecular flexibility index (Phi) is 4.77. The van der Waals surface area contributed by atoms with E-state index in [1.807, 2.05) is 0 Å². The van der Waals surface area contributed by atoms with Gasteiger partial charge in [-0.1, -0.05) is 28.1 Å². The number of rotatable bonds is 2. The molecule has 2 atom stereocenters. The second-order valence-electron chi connectivity index (χ2n) is 4.16. The summed E-state index contributed by atoms with van der Waals surface area (Å²) in [5, 5.41) is -1.45. The van der Waals surface area contributed by atoms with Gasteiger partial charge in [-0.2, -0.15) is 35.1 Å². The highest BCUT2D eigenvalue weighted by Crippen LogP contribution is 2.57. The maximum absolute atomic E-state index is 14.0. The maximum atomic E-state index is 14.0. The van der Waals surface area contributed by atoms with Crippen LogP contribution in [0.1, 0.15) is 6.42 Å². The van der Waals surface area contributed by atoms with Crippen molar-refractivity contribution in [1.29, 1.82) is 0 Å². The lowest BCUT2D eigenvalue weighted by Gasteiger charge is -2.38. The Bertz CT molecular complexity index is 476. The Hall–Kier alpha value is -0.380. The van der Waals surface area contributed by atoms with Gasteiger partial charge in [-0.25, -0.2) is 4.39 Å². The van der Waals surface area contributed by atoms with Gasteiger partial charge in [0.2, 0.25) is 0 Å². The lowest BCUT2D eigenvalue weighted by Crippen LogP contribution is -2.63. The predicted octanol–water partition coefficient (Wildman–Crippen LogP) is 5.67. The molecule has 0 bridgehead atoms. The van der Waals surface area contributed by atoms with Crippen LogP contribution in [0, 0.1) is 0 Å². The zero-order valence-corrected chi connectivity index (χ0v) is 11.9. The third-order valence-electron chi connectivity index (χ3n) is 2.68. The molecule has 1 aliphatic carbocycles. The standard InChI is InChI=1S/C10H5BrClF9/c11-5-1-4(2-6(12)3-5)7(13,9(16,17)18)8(14,15)10(19,20)21/h2-3,6H,1H2. The molecule has 21 heavy (non-hydrogen) atoms. The second kappa shape index (κ2) is 5.36. The van der Waals surface area contributed by atoms with Crippen molar-refractivity contribution < 1.29 is 39.5 Å². The Labute approximate surface area is 125 Å². The molecule has 0 N–H and O–H groups in total. The summed E-state index contributed by atoms with van der Waals surface area (Å²) in [4.78, 5) is 0. The van der Waals surface area contributed by atoms with E-state index >= 15 is 0 Å². The first-order valence-corrected chi connectivity index (χ1v) is 6.29. The Balaban J connectivity index is 3.51. The van der Waals surface area contributed by atoms with Gasteiger partial charge < -0.3 is 0 Å². The van der Waals surface area contributed by atoms with E-state index in [0.29, 0.717) is 0 Å². The monoisotopic (exact) mass is 410 g/mol. The van der Waals surface area contributed by atoms with Crippen LogP contribution in [0.4, 0.5) is 39.5 Å². The van der Waals surface area contributed by atoms with E-state index < -0.39 is 41.3 Å². The van der Waals surface area contributed by atoms with Gasteiger partial charge in [0.1, 0.15) is 0 Å². The number of hydrogen-bond donors (Lipinski definition) is 0. The highest BCUT2D eigenvalue weighted by molar-refractivity contribution is 9.11. The van der Waals surface area contributed by atoms with E-state index in [9.17, 15) is 39.5 Å². The minimum absolute atomic E-state index is 0.194. The van der Waals surface area contributed by atoms with Crippen molar-refractivity contribution in [2.24, 2.45) is 0 Å². The van der Waals surface area contributed by atoms with Crippen molar-refractivity contribution in [3.63, 3.8) is 0 Å². The van der Waals surface area contributed by atoms with Gasteiger partial charge in [-0.15, -0.1) is 11.6 Å². The molecule has 0 nitrogen and oxygen atoms in total. The first-order valence-electron chi connectivity index (χ1n) is 5.06. The summed E-state index contributed by atoms with van der Waals surface area (Å²) in [5.74, 6) is -6.66. The fourth-order valence-corrected chi connectivity index (χ4v) is 2.75. The van der Waals surface area contributed by atoms with E-state index in [0.717, 1.165) is 6.08 Å². The molecule has 2 unspecified atom stereocenters. The molecule has 0 radical (unpaired) electrons. The van der Waals surface area contributed by atoms with Crippen molar-refractivity contribution in [3.8, 4) is 0 Å². The number of halogens is 11. The van der Waals surface area contributed by atoms with Crippen LogP contribution in [0.5, 0.6) is 0 Å². The largest absolute Gasteiger partial charge is 0.457 e. The number of allylic oxidation sites excluding steroid dienone is 4. The molecular weight excluding hydrogens is 406 g/mol. The van der Waals surface area contributed by atoms with Crippen LogP contribution >= 0.6 is 27.5 Å². The first kappa shape index (κ1) is 18.7. The third-order valence-corrected chi connectivity index (χ3v) is 3.48. The van der Waals surface area contributed by atoms with Gasteiger partial charge in [-0.05, 0) is 10.1 Å². The molecule has 0 amide bonds. The zero-order chi connectivity index (χ0) is 16.9. The average molecular weight is 411 g/mol. The quantitative estimate of drug-likeness (QED) is 0.312. The molecule has 0 fully saturated rings. The average Bonchev–Trinajstić information content (AvgIpc) is 2.22. The number of hydrogen-bond acceptors (Lipinski definition) is 0. The van der Waals surface area contributed by atoms with Crippen molar-refractivity contribution in [2.45, 2.75) is 35.7 Å². The van der Waals surface area contributed by atoms with Crippen LogP contribution < -0.4 is 0 Å². The van der Waals surface area contributed by atoms with Crippen molar-refractivity contribution in [1.82, 2.24) is 0 Å². The SMILES string of the molecule is FC(F)(F)C(F)(F)C(F)(C1=CC(Cl)C=C(Br)C1)C(F)(F)F. The van der Waals surface area contributed by atoms with Gasteiger partial charge >= 0.3 is 18.3 Å². The smallest absolute Gasteiger partial charge is 0.222 e. The topological polar surface area (TPSA) is 0 Å². The highest BCUT2D eigenvalue weighted by atomic mass is 79.9. The summed E-state index contributed by atoms with van der Waals surface area (Å²) in [7, 11) is 0. The molecule has 122 valence electrons. The summed E-state index contributed by atoms with van der Waals surface area (Å²) >= 11 is 8.00. The fraction of sp³-hybridized carbons (Fsp3) is 0.600. The van der Waals surface area contributed by atoms with Gasteiger partial charge in [0.15, 0.2) is 0 Å². The number of alkyl halides is 10. The van der Waals surface area contributed by atoms with E-state index in [1.165, 1.54) is 0 Å². The van der Waals surface area contributed by atoms with Crippen molar-refractivity contribution in [3.05, 3.63) is 22.2 Å². The van der Waals surface area contributed by atoms with Crippen LogP contribution in [0.2, 0.25) is 0 Å². The molecular formula is C10H5BrClF9. The molecule has 0 aliphatic heterocycles. The summed E-state index contributed by atoms with van der Waals surface area (Å²) in [5.41, 5.74) is -7.70.